The number of hydrogen-bond donors (Lipinski definition) is 0. The van der Waals surface area contributed by atoms with Crippen LogP contribution in [-0.2, 0) is 14.3 Å². The van der Waals surface area contributed by atoms with Gasteiger partial charge in [0.2, 0.25) is 5.91 Å². The number of nitrogens with zero attached hydrogens (tertiary/aromatic N) is 7. The van der Waals surface area contributed by atoms with Gasteiger partial charge in [0.1, 0.15) is 11.5 Å². The summed E-state index contributed by atoms with van der Waals surface area (Å²) in [6.07, 6.45) is 4.04. The fraction of sp³-hybridized carbons (Fsp3) is 0.629. The van der Waals surface area contributed by atoms with Crippen molar-refractivity contribution in [1.82, 2.24) is 24.6 Å². The first-order valence-corrected chi connectivity index (χ1v) is 16.8. The molecule has 262 valence electrons. The van der Waals surface area contributed by atoms with Crippen LogP contribution in [0, 0.1) is 6.92 Å². The lowest BCUT2D eigenvalue weighted by Gasteiger charge is -2.49. The molecule has 0 bridgehead atoms. The molecule has 2 aliphatic rings. The summed E-state index contributed by atoms with van der Waals surface area (Å²) in [6, 6.07) is 2.19. The van der Waals surface area contributed by atoms with Gasteiger partial charge in [0.05, 0.1) is 25.5 Å². The number of allylic oxidation sites excluding steroid dienone is 1. The number of likely N-dealkylation sites (N-methyl/N-ethyl adjacent to an activating group) is 1. The highest BCUT2D eigenvalue weighted by atomic mass is 19.3. The van der Waals surface area contributed by atoms with Gasteiger partial charge >= 0.3 is 0 Å². The van der Waals surface area contributed by atoms with Gasteiger partial charge in [0, 0.05) is 102 Å². The van der Waals surface area contributed by atoms with Crippen molar-refractivity contribution >= 4 is 23.5 Å². The number of rotatable bonds is 15. The molecule has 0 aromatic carbocycles. The van der Waals surface area contributed by atoms with Crippen LogP contribution in [0.2, 0.25) is 0 Å². The number of aromatic nitrogens is 3. The summed E-state index contributed by atoms with van der Waals surface area (Å²) >= 11 is 0. The average molecular weight is 660 g/mol. The molecule has 4 heterocycles. The number of anilines is 2. The molecule has 0 aliphatic carbocycles. The average Bonchev–Trinajstić information content (AvgIpc) is 3.45. The maximum absolute atomic E-state index is 14.6. The quantitative estimate of drug-likeness (QED) is 0.230. The van der Waals surface area contributed by atoms with Crippen molar-refractivity contribution in [3.8, 4) is 0 Å². The molecule has 2 aromatic heterocycles. The van der Waals surface area contributed by atoms with Crippen molar-refractivity contribution in [2.45, 2.75) is 66.0 Å². The Morgan fingerprint density at radius 2 is 1.79 bits per heavy atom. The van der Waals surface area contributed by atoms with Crippen molar-refractivity contribution in [2.75, 3.05) is 89.6 Å². The molecule has 1 atom stereocenters. The molecular weight excluding hydrogens is 604 g/mol. The monoisotopic (exact) mass is 659 g/mol. The molecule has 0 radical (unpaired) electrons. The number of methoxy groups -OCH3 is 2. The zero-order chi connectivity index (χ0) is 34.7. The van der Waals surface area contributed by atoms with Crippen molar-refractivity contribution in [2.24, 2.45) is 0 Å². The predicted octanol–water partition coefficient (Wildman–Crippen LogP) is 5.57. The van der Waals surface area contributed by atoms with Crippen molar-refractivity contribution in [3.05, 3.63) is 53.5 Å². The van der Waals surface area contributed by atoms with Gasteiger partial charge in [-0.15, -0.1) is 0 Å². The van der Waals surface area contributed by atoms with Gasteiger partial charge in [-0.25, -0.2) is 13.8 Å². The predicted molar refractivity (Wildman–Crippen MR) is 186 cm³/mol. The highest BCUT2D eigenvalue weighted by Gasteiger charge is 2.36. The van der Waals surface area contributed by atoms with Crippen LogP contribution in [0.5, 0.6) is 0 Å². The molecule has 2 fully saturated rings. The Hall–Kier alpha value is -3.35. The van der Waals surface area contributed by atoms with Gasteiger partial charge in [0.15, 0.2) is 0 Å². The summed E-state index contributed by atoms with van der Waals surface area (Å²) in [5.74, 6) is 0.528. The number of hydrogen-bond acceptors (Lipinski definition) is 8. The second kappa shape index (κ2) is 18.3. The Bertz CT molecular complexity index is 1310. The fourth-order valence-corrected chi connectivity index (χ4v) is 6.53. The maximum Gasteiger partial charge on any atom is 0.281 e. The van der Waals surface area contributed by atoms with E-state index < -0.39 is 6.43 Å². The highest BCUT2D eigenvalue weighted by Crippen LogP contribution is 2.37. The van der Waals surface area contributed by atoms with E-state index in [0.29, 0.717) is 56.8 Å². The molecule has 1 unspecified atom stereocenters. The van der Waals surface area contributed by atoms with E-state index in [4.69, 9.17) is 9.47 Å². The minimum atomic E-state index is -2.72. The van der Waals surface area contributed by atoms with E-state index in [-0.39, 0.29) is 23.6 Å². The van der Waals surface area contributed by atoms with E-state index >= 15 is 0 Å². The Balaban J connectivity index is 0.00000294. The number of carbonyl (C=O) groups is 1. The Morgan fingerprint density at radius 3 is 2.32 bits per heavy atom. The van der Waals surface area contributed by atoms with Crippen LogP contribution in [0.4, 0.5) is 20.3 Å². The molecule has 0 saturated carbocycles. The van der Waals surface area contributed by atoms with Crippen LogP contribution >= 0.6 is 0 Å². The number of halogens is 2. The summed E-state index contributed by atoms with van der Waals surface area (Å²) in [5, 5.41) is 4.65. The zero-order valence-electron chi connectivity index (χ0n) is 29.6. The lowest BCUT2D eigenvalue weighted by Crippen LogP contribution is -2.63. The normalized spacial score (nSPS) is 16.4. The van der Waals surface area contributed by atoms with E-state index in [0.717, 1.165) is 43.1 Å². The van der Waals surface area contributed by atoms with Crippen LogP contribution in [0.1, 0.15) is 75.5 Å². The van der Waals surface area contributed by atoms with Crippen LogP contribution < -0.4 is 9.80 Å². The second-order valence-electron chi connectivity index (χ2n) is 11.9. The van der Waals surface area contributed by atoms with E-state index in [9.17, 15) is 13.6 Å². The summed E-state index contributed by atoms with van der Waals surface area (Å²) in [5.41, 5.74) is 3.16. The van der Waals surface area contributed by atoms with Gasteiger partial charge in [-0.1, -0.05) is 39.5 Å². The lowest BCUT2D eigenvalue weighted by atomic mass is 10.0. The van der Waals surface area contributed by atoms with Crippen molar-refractivity contribution < 1.29 is 23.0 Å². The van der Waals surface area contributed by atoms with E-state index in [2.05, 4.69) is 38.3 Å². The SMILES string of the molecule is C=CC(=O)N1CCN(C2CN(c3cc(N(CC)CC(C)c4c(C)cnn4C(COC)COC)nc(C(F)F)c3/C=C\C)C2)CC1.CC. The number of pyridine rings is 1. The standard InChI is InChI=1S/C33H49F2N7O3.C2H6/c1-8-11-27-28(41-19-25(20-41)39-12-14-40(15-13-39)30(43)9-2)16-29(37-31(27)33(34)35)38(10-3)18-24(5)32-23(4)17-36-42(32)26(21-44-6)22-45-7;1-2/h8-9,11,16-17,24-26,33H,2,10,12-15,18-22H2,1,3-7H3;1-2H3/b11-8-;. The Kier molecular flexibility index (Phi) is 14.8. The third-order valence-electron chi connectivity index (χ3n) is 8.87. The van der Waals surface area contributed by atoms with Crippen molar-refractivity contribution in [1.29, 1.82) is 0 Å². The zero-order valence-corrected chi connectivity index (χ0v) is 29.6. The molecule has 0 spiro atoms. The molecule has 2 saturated heterocycles. The van der Waals surface area contributed by atoms with Crippen LogP contribution in [0.25, 0.3) is 6.08 Å². The third kappa shape index (κ3) is 8.97. The largest absolute Gasteiger partial charge is 0.382 e. The number of aryl methyl sites for hydroxylation is 1. The van der Waals surface area contributed by atoms with E-state index in [1.807, 2.05) is 56.5 Å². The third-order valence-corrected chi connectivity index (χ3v) is 8.87. The van der Waals surface area contributed by atoms with Gasteiger partial charge in [0.25, 0.3) is 6.43 Å². The number of piperazine rings is 1. The molecule has 2 aromatic rings. The summed E-state index contributed by atoms with van der Waals surface area (Å²) in [7, 11) is 3.32. The van der Waals surface area contributed by atoms with E-state index in [1.54, 1.807) is 26.4 Å². The van der Waals surface area contributed by atoms with Crippen LogP contribution in [-0.4, -0.2) is 116 Å². The first kappa shape index (κ1) is 38.1. The number of ether oxygens (including phenoxy) is 2. The van der Waals surface area contributed by atoms with Gasteiger partial charge in [-0.05, 0) is 32.4 Å². The Morgan fingerprint density at radius 1 is 1.15 bits per heavy atom. The first-order valence-electron chi connectivity index (χ1n) is 16.8. The second-order valence-corrected chi connectivity index (χ2v) is 11.9. The molecule has 1 amide bonds. The smallest absolute Gasteiger partial charge is 0.281 e. The van der Waals surface area contributed by atoms with Gasteiger partial charge < -0.3 is 24.2 Å². The molecular formula is C35H55F2N7O3. The summed E-state index contributed by atoms with van der Waals surface area (Å²) < 4.78 is 42.0. The van der Waals surface area contributed by atoms with Gasteiger partial charge in [-0.3, -0.25) is 14.4 Å². The topological polar surface area (TPSA) is 79.2 Å². The van der Waals surface area contributed by atoms with E-state index in [1.165, 1.54) is 6.08 Å². The number of amides is 1. The molecule has 10 nitrogen and oxygen atoms in total. The highest BCUT2D eigenvalue weighted by molar-refractivity contribution is 5.87. The molecule has 47 heavy (non-hydrogen) atoms. The minimum Gasteiger partial charge on any atom is -0.382 e. The number of alkyl halides is 2. The minimum absolute atomic E-state index is 0.0270. The first-order chi connectivity index (χ1) is 22.7. The molecule has 4 rings (SSSR count). The maximum atomic E-state index is 14.6. The Labute approximate surface area is 280 Å². The number of carbonyl (C=O) groups excluding carboxylic acids is 1. The summed E-state index contributed by atoms with van der Waals surface area (Å²) in [6.45, 7) is 22.1. The molecule has 12 heteroatoms. The van der Waals surface area contributed by atoms with Crippen LogP contribution in [0.3, 0.4) is 0 Å². The molecule has 2 aliphatic heterocycles. The van der Waals surface area contributed by atoms with Crippen molar-refractivity contribution in [3.63, 3.8) is 0 Å². The summed E-state index contributed by atoms with van der Waals surface area (Å²) in [4.78, 5) is 25.0. The van der Waals surface area contributed by atoms with Crippen LogP contribution in [0.15, 0.2) is 31.0 Å². The van der Waals surface area contributed by atoms with Gasteiger partial charge in [-0.2, -0.15) is 5.10 Å². The lowest BCUT2D eigenvalue weighted by molar-refractivity contribution is -0.128. The fourth-order valence-electron chi connectivity index (χ4n) is 6.53. The molecule has 0 N–H and O–H groups in total.